The Morgan fingerprint density at radius 2 is 1.76 bits per heavy atom. The summed E-state index contributed by atoms with van der Waals surface area (Å²) in [5.41, 5.74) is 3.64. The van der Waals surface area contributed by atoms with Crippen molar-refractivity contribution in [2.24, 2.45) is 0 Å². The molecule has 0 spiro atoms. The van der Waals surface area contributed by atoms with E-state index in [1.165, 1.54) is 0 Å². The lowest BCUT2D eigenvalue weighted by atomic mass is 9.99. The van der Waals surface area contributed by atoms with Gasteiger partial charge in [-0.15, -0.1) is 0 Å². The van der Waals surface area contributed by atoms with Gasteiger partial charge in [0.2, 0.25) is 5.91 Å². The van der Waals surface area contributed by atoms with E-state index in [0.29, 0.717) is 12.0 Å². The zero-order chi connectivity index (χ0) is 14.8. The molecule has 1 amide bonds. The van der Waals surface area contributed by atoms with Crippen molar-refractivity contribution in [3.8, 4) is 0 Å². The van der Waals surface area contributed by atoms with Crippen LogP contribution in [0.5, 0.6) is 0 Å². The number of ketones is 1. The third-order valence-corrected chi connectivity index (χ3v) is 3.94. The average Bonchev–Trinajstić information content (AvgIpc) is 2.50. The van der Waals surface area contributed by atoms with Crippen LogP contribution in [-0.4, -0.2) is 18.2 Å². The molecule has 0 aromatic heterocycles. The van der Waals surface area contributed by atoms with Crippen LogP contribution in [0.1, 0.15) is 27.9 Å². The third kappa shape index (κ3) is 2.59. The lowest BCUT2D eigenvalue weighted by Gasteiger charge is -2.29. The topological polar surface area (TPSA) is 37.4 Å². The van der Waals surface area contributed by atoms with E-state index >= 15 is 0 Å². The number of nitrogens with zero attached hydrogens (tertiary/aromatic N) is 1. The number of Topliss-reactive ketones (excluding diaryl/α,β-unsaturated/α-hetero) is 1. The molecule has 0 atom stereocenters. The maximum Gasteiger partial charge on any atom is 0.227 e. The Kier molecular flexibility index (Phi) is 3.57. The molecule has 3 heteroatoms. The number of amides is 1. The maximum atomic E-state index is 12.5. The Morgan fingerprint density at radius 3 is 2.57 bits per heavy atom. The van der Waals surface area contributed by atoms with Crippen molar-refractivity contribution in [2.45, 2.75) is 19.8 Å². The summed E-state index contributed by atoms with van der Waals surface area (Å²) in [5, 5.41) is 0. The van der Waals surface area contributed by atoms with Crippen molar-refractivity contribution in [3.05, 3.63) is 65.2 Å². The fourth-order valence-electron chi connectivity index (χ4n) is 2.78. The molecule has 2 aromatic rings. The van der Waals surface area contributed by atoms with E-state index in [1.54, 1.807) is 4.90 Å². The number of hydrogen-bond acceptors (Lipinski definition) is 2. The number of para-hydroxylation sites is 1. The second-order valence-electron chi connectivity index (χ2n) is 5.35. The van der Waals surface area contributed by atoms with Gasteiger partial charge in [-0.3, -0.25) is 9.59 Å². The molecule has 0 saturated heterocycles. The van der Waals surface area contributed by atoms with Gasteiger partial charge in [0.1, 0.15) is 0 Å². The van der Waals surface area contributed by atoms with Gasteiger partial charge >= 0.3 is 0 Å². The largest absolute Gasteiger partial charge is 0.304 e. The number of fused-ring (bicyclic) bond motifs is 1. The first-order valence-electron chi connectivity index (χ1n) is 7.14. The van der Waals surface area contributed by atoms with E-state index in [4.69, 9.17) is 0 Å². The highest BCUT2D eigenvalue weighted by Gasteiger charge is 2.26. The lowest BCUT2D eigenvalue weighted by molar-refractivity contribution is -0.118. The molecular weight excluding hydrogens is 262 g/mol. The SMILES string of the molecule is Cc1ccccc1C(=O)CN1C(=O)CCc2ccccc21. The van der Waals surface area contributed by atoms with Gasteiger partial charge in [0.25, 0.3) is 0 Å². The maximum absolute atomic E-state index is 12.5. The van der Waals surface area contributed by atoms with Gasteiger partial charge in [0, 0.05) is 17.7 Å². The van der Waals surface area contributed by atoms with Crippen molar-refractivity contribution in [2.75, 3.05) is 11.4 Å². The molecule has 3 nitrogen and oxygen atoms in total. The Hall–Kier alpha value is -2.42. The molecule has 0 radical (unpaired) electrons. The quantitative estimate of drug-likeness (QED) is 0.809. The summed E-state index contributed by atoms with van der Waals surface area (Å²) in [4.78, 5) is 26.3. The number of carbonyl (C=O) groups is 2. The van der Waals surface area contributed by atoms with E-state index in [0.717, 1.165) is 23.2 Å². The Labute approximate surface area is 124 Å². The van der Waals surface area contributed by atoms with Crippen molar-refractivity contribution < 1.29 is 9.59 Å². The average molecular weight is 279 g/mol. The first-order chi connectivity index (χ1) is 10.2. The molecule has 21 heavy (non-hydrogen) atoms. The monoisotopic (exact) mass is 279 g/mol. The van der Waals surface area contributed by atoms with Crippen LogP contribution >= 0.6 is 0 Å². The lowest BCUT2D eigenvalue weighted by Crippen LogP contribution is -2.39. The van der Waals surface area contributed by atoms with Crippen LogP contribution in [0.4, 0.5) is 5.69 Å². The van der Waals surface area contributed by atoms with Crippen LogP contribution in [0.2, 0.25) is 0 Å². The summed E-state index contributed by atoms with van der Waals surface area (Å²) in [6.07, 6.45) is 1.22. The summed E-state index contributed by atoms with van der Waals surface area (Å²) in [6.45, 7) is 2.03. The van der Waals surface area contributed by atoms with E-state index in [9.17, 15) is 9.59 Å². The molecule has 3 rings (SSSR count). The molecule has 0 aliphatic carbocycles. The number of aryl methyl sites for hydroxylation is 2. The Balaban J connectivity index is 1.89. The number of benzene rings is 2. The van der Waals surface area contributed by atoms with Crippen molar-refractivity contribution in [1.82, 2.24) is 0 Å². The van der Waals surface area contributed by atoms with E-state index < -0.39 is 0 Å². The zero-order valence-electron chi connectivity index (χ0n) is 12.0. The van der Waals surface area contributed by atoms with E-state index in [2.05, 4.69) is 0 Å². The van der Waals surface area contributed by atoms with Gasteiger partial charge in [0.05, 0.1) is 6.54 Å². The molecule has 0 unspecified atom stereocenters. The molecule has 1 aliphatic rings. The smallest absolute Gasteiger partial charge is 0.227 e. The zero-order valence-corrected chi connectivity index (χ0v) is 12.0. The number of hydrogen-bond donors (Lipinski definition) is 0. The van der Waals surface area contributed by atoms with Crippen molar-refractivity contribution in [1.29, 1.82) is 0 Å². The second-order valence-corrected chi connectivity index (χ2v) is 5.35. The molecule has 0 saturated carbocycles. The van der Waals surface area contributed by atoms with Gasteiger partial charge in [0.15, 0.2) is 5.78 Å². The predicted molar refractivity (Wildman–Crippen MR) is 82.6 cm³/mol. The normalized spacial score (nSPS) is 14.0. The molecule has 1 aliphatic heterocycles. The summed E-state index contributed by atoms with van der Waals surface area (Å²) < 4.78 is 0. The number of carbonyl (C=O) groups excluding carboxylic acids is 2. The van der Waals surface area contributed by atoms with Crippen molar-refractivity contribution in [3.63, 3.8) is 0 Å². The van der Waals surface area contributed by atoms with Crippen LogP contribution in [0.25, 0.3) is 0 Å². The molecule has 1 heterocycles. The molecule has 0 fully saturated rings. The highest BCUT2D eigenvalue weighted by molar-refractivity contribution is 6.07. The Morgan fingerprint density at radius 1 is 1.05 bits per heavy atom. The summed E-state index contributed by atoms with van der Waals surface area (Å²) in [6, 6.07) is 15.3. The van der Waals surface area contributed by atoms with Gasteiger partial charge in [-0.25, -0.2) is 0 Å². The third-order valence-electron chi connectivity index (χ3n) is 3.94. The van der Waals surface area contributed by atoms with Crippen LogP contribution in [0.3, 0.4) is 0 Å². The first kappa shape index (κ1) is 13.6. The van der Waals surface area contributed by atoms with Gasteiger partial charge < -0.3 is 4.90 Å². The van der Waals surface area contributed by atoms with Gasteiger partial charge in [-0.05, 0) is 30.5 Å². The highest BCUT2D eigenvalue weighted by Crippen LogP contribution is 2.27. The van der Waals surface area contributed by atoms with Gasteiger partial charge in [-0.2, -0.15) is 0 Å². The van der Waals surface area contributed by atoms with Crippen LogP contribution in [-0.2, 0) is 11.2 Å². The fraction of sp³-hybridized carbons (Fsp3) is 0.222. The summed E-state index contributed by atoms with van der Waals surface area (Å²) in [5.74, 6) is 0.00814. The minimum atomic E-state index is -0.0156. The van der Waals surface area contributed by atoms with Crippen molar-refractivity contribution >= 4 is 17.4 Å². The minimum absolute atomic E-state index is 0.0156. The van der Waals surface area contributed by atoms with Crippen LogP contribution in [0.15, 0.2) is 48.5 Å². The molecular formula is C18H17NO2. The first-order valence-corrected chi connectivity index (χ1v) is 7.14. The van der Waals surface area contributed by atoms with Gasteiger partial charge in [-0.1, -0.05) is 42.5 Å². The Bertz CT molecular complexity index is 706. The number of anilines is 1. The van der Waals surface area contributed by atoms with E-state index in [-0.39, 0.29) is 18.2 Å². The standard InChI is InChI=1S/C18H17NO2/c1-13-6-2-4-8-15(13)17(20)12-19-16-9-5-3-7-14(16)10-11-18(19)21/h2-9H,10-12H2,1H3. The van der Waals surface area contributed by atoms with Crippen LogP contribution < -0.4 is 4.90 Å². The highest BCUT2D eigenvalue weighted by atomic mass is 16.2. The molecule has 0 bridgehead atoms. The molecule has 2 aromatic carbocycles. The molecule has 0 N–H and O–H groups in total. The van der Waals surface area contributed by atoms with E-state index in [1.807, 2.05) is 55.5 Å². The summed E-state index contributed by atoms with van der Waals surface area (Å²) in [7, 11) is 0. The number of rotatable bonds is 3. The summed E-state index contributed by atoms with van der Waals surface area (Å²) >= 11 is 0. The minimum Gasteiger partial charge on any atom is -0.304 e. The molecule has 106 valence electrons. The fourth-order valence-corrected chi connectivity index (χ4v) is 2.78. The van der Waals surface area contributed by atoms with Crippen LogP contribution in [0, 0.1) is 6.92 Å². The predicted octanol–water partition coefficient (Wildman–Crippen LogP) is 3.16. The second kappa shape index (κ2) is 5.52.